The summed E-state index contributed by atoms with van der Waals surface area (Å²) in [5, 5.41) is 13.4. The molecule has 0 radical (unpaired) electrons. The molecule has 20 heavy (non-hydrogen) atoms. The molecule has 2 aromatic rings. The molecular weight excluding hydrogens is 281 g/mol. The van der Waals surface area contributed by atoms with E-state index in [2.05, 4.69) is 20.8 Å². The zero-order valence-electron chi connectivity index (χ0n) is 11.3. The zero-order valence-corrected chi connectivity index (χ0v) is 12.2. The Hall–Kier alpha value is -1.96. The first-order valence-electron chi connectivity index (χ1n) is 5.84. The largest absolute Gasteiger partial charge is 0.289 e. The molecule has 1 aromatic heterocycles. The molecule has 0 aliphatic carbocycles. The van der Waals surface area contributed by atoms with Crippen molar-refractivity contribution >= 4 is 23.6 Å². The van der Waals surface area contributed by atoms with E-state index in [-0.39, 0.29) is 11.9 Å². The first kappa shape index (κ1) is 14.4. The van der Waals surface area contributed by atoms with Gasteiger partial charge in [-0.2, -0.15) is 0 Å². The number of halogens is 1. The molecule has 0 aliphatic heterocycles. The van der Waals surface area contributed by atoms with E-state index in [1.807, 2.05) is 6.26 Å². The van der Waals surface area contributed by atoms with Crippen LogP contribution in [0.15, 0.2) is 17.0 Å². The number of thioether (sulfide) groups is 1. The van der Waals surface area contributed by atoms with Gasteiger partial charge in [-0.25, -0.2) is 9.07 Å². The van der Waals surface area contributed by atoms with Crippen molar-refractivity contribution in [1.82, 2.24) is 20.2 Å². The van der Waals surface area contributed by atoms with E-state index < -0.39 is 6.67 Å². The molecule has 1 heterocycles. The van der Waals surface area contributed by atoms with E-state index >= 15 is 0 Å². The minimum absolute atomic E-state index is 0.259. The number of aryl methyl sites for hydroxylation is 1. The van der Waals surface area contributed by atoms with Gasteiger partial charge >= 0.3 is 0 Å². The van der Waals surface area contributed by atoms with Gasteiger partial charge in [-0.1, -0.05) is 11.2 Å². The molecule has 0 aliphatic rings. The van der Waals surface area contributed by atoms with E-state index in [0.717, 1.165) is 10.5 Å². The van der Waals surface area contributed by atoms with Crippen molar-refractivity contribution < 1.29 is 9.18 Å². The topological polar surface area (TPSA) is 72.7 Å². The van der Waals surface area contributed by atoms with Crippen LogP contribution < -0.4 is 5.32 Å². The fraction of sp³-hybridized carbons (Fsp3) is 0.333. The molecule has 106 valence electrons. The third-order valence-corrected chi connectivity index (χ3v) is 3.90. The molecule has 0 saturated carbocycles. The number of aromatic nitrogens is 4. The van der Waals surface area contributed by atoms with Crippen molar-refractivity contribution in [3.8, 4) is 0 Å². The number of hydrogen-bond acceptors (Lipinski definition) is 5. The van der Waals surface area contributed by atoms with Gasteiger partial charge in [0.25, 0.3) is 5.91 Å². The lowest BCUT2D eigenvalue weighted by Gasteiger charge is -2.12. The van der Waals surface area contributed by atoms with Crippen LogP contribution >= 0.6 is 11.8 Å². The third-order valence-electron chi connectivity index (χ3n) is 2.93. The molecule has 0 spiro atoms. The molecular formula is C12H14FN5OS. The van der Waals surface area contributed by atoms with Crippen LogP contribution in [0.25, 0.3) is 0 Å². The molecule has 1 amide bonds. The van der Waals surface area contributed by atoms with Crippen LogP contribution in [0.1, 0.15) is 21.5 Å². The second-order valence-electron chi connectivity index (χ2n) is 4.14. The van der Waals surface area contributed by atoms with E-state index in [9.17, 15) is 9.18 Å². The van der Waals surface area contributed by atoms with Gasteiger partial charge in [-0.15, -0.1) is 11.8 Å². The monoisotopic (exact) mass is 295 g/mol. The summed E-state index contributed by atoms with van der Waals surface area (Å²) in [4.78, 5) is 13.0. The van der Waals surface area contributed by atoms with E-state index in [4.69, 9.17) is 0 Å². The molecule has 0 fully saturated rings. The highest BCUT2D eigenvalue weighted by Gasteiger charge is 2.16. The van der Waals surface area contributed by atoms with E-state index in [1.54, 1.807) is 26.1 Å². The smallest absolute Gasteiger partial charge is 0.258 e. The maximum Gasteiger partial charge on any atom is 0.258 e. The molecule has 8 heteroatoms. The Labute approximate surface area is 119 Å². The summed E-state index contributed by atoms with van der Waals surface area (Å²) in [5.74, 6) is -0.0595. The van der Waals surface area contributed by atoms with Gasteiger partial charge in [-0.3, -0.25) is 10.1 Å². The number of nitrogens with one attached hydrogen (secondary N) is 1. The van der Waals surface area contributed by atoms with Crippen molar-refractivity contribution in [2.45, 2.75) is 18.5 Å². The summed E-state index contributed by atoms with van der Waals surface area (Å²) in [5.41, 5.74) is 1.82. The van der Waals surface area contributed by atoms with Gasteiger partial charge < -0.3 is 0 Å². The molecule has 6 nitrogen and oxygen atoms in total. The molecule has 1 N–H and O–H groups in total. The summed E-state index contributed by atoms with van der Waals surface area (Å²) in [6, 6.07) is 3.24. The van der Waals surface area contributed by atoms with Crippen LogP contribution in [0.5, 0.6) is 0 Å². The lowest BCUT2D eigenvalue weighted by molar-refractivity contribution is 0.102. The molecule has 2 rings (SSSR count). The number of hydrogen-bond donors (Lipinski definition) is 1. The molecule has 0 unspecified atom stereocenters. The molecule has 0 bridgehead atoms. The number of carbonyl (C=O) groups is 1. The number of alkyl halides is 1. The van der Waals surface area contributed by atoms with Crippen molar-refractivity contribution in [2.75, 3.05) is 11.6 Å². The summed E-state index contributed by atoms with van der Waals surface area (Å²) in [6.45, 7) is 1.25. The summed E-state index contributed by atoms with van der Waals surface area (Å²) in [6.07, 6.45) is 1.86. The number of nitrogens with zero attached hydrogens (tertiary/aromatic N) is 4. The first-order valence-corrected chi connectivity index (χ1v) is 7.07. The quantitative estimate of drug-likeness (QED) is 0.873. The number of benzene rings is 1. The fourth-order valence-corrected chi connectivity index (χ4v) is 2.69. The normalized spacial score (nSPS) is 10.6. The van der Waals surface area contributed by atoms with Gasteiger partial charge in [-0.05, 0) is 40.8 Å². The Morgan fingerprint density at radius 2 is 2.25 bits per heavy atom. The number of rotatable bonds is 4. The zero-order chi connectivity index (χ0) is 14.7. The van der Waals surface area contributed by atoms with Crippen LogP contribution in [-0.2, 0) is 13.7 Å². The second-order valence-corrected chi connectivity index (χ2v) is 4.96. The maximum atomic E-state index is 12.9. The number of carbonyl (C=O) groups excluding carboxylic acids is 1. The SMILES string of the molecule is CSc1c(CF)ccc(C(=O)Nc2nnnn2C)c1C. The molecule has 0 atom stereocenters. The molecule has 0 saturated heterocycles. The van der Waals surface area contributed by atoms with Gasteiger partial charge in [0.15, 0.2) is 0 Å². The van der Waals surface area contributed by atoms with Gasteiger partial charge in [0.1, 0.15) is 6.67 Å². The Morgan fingerprint density at radius 1 is 1.50 bits per heavy atom. The number of anilines is 1. The lowest BCUT2D eigenvalue weighted by atomic mass is 10.0. The van der Waals surface area contributed by atoms with Gasteiger partial charge in [0, 0.05) is 17.5 Å². The van der Waals surface area contributed by atoms with E-state index in [1.165, 1.54) is 16.4 Å². The van der Waals surface area contributed by atoms with Crippen LogP contribution in [0.4, 0.5) is 10.3 Å². The highest BCUT2D eigenvalue weighted by atomic mass is 32.2. The van der Waals surface area contributed by atoms with E-state index in [0.29, 0.717) is 11.1 Å². The van der Waals surface area contributed by atoms with Crippen LogP contribution in [0, 0.1) is 6.92 Å². The van der Waals surface area contributed by atoms with Crippen molar-refractivity contribution in [2.24, 2.45) is 7.05 Å². The highest BCUT2D eigenvalue weighted by molar-refractivity contribution is 7.98. The molecule has 1 aromatic carbocycles. The first-order chi connectivity index (χ1) is 9.58. The summed E-state index contributed by atoms with van der Waals surface area (Å²) in [7, 11) is 1.63. The number of amides is 1. The Morgan fingerprint density at radius 3 is 2.80 bits per heavy atom. The van der Waals surface area contributed by atoms with Crippen molar-refractivity contribution in [3.05, 3.63) is 28.8 Å². The average molecular weight is 295 g/mol. The summed E-state index contributed by atoms with van der Waals surface area (Å²) < 4.78 is 14.3. The number of tetrazole rings is 1. The third kappa shape index (κ3) is 2.64. The van der Waals surface area contributed by atoms with Crippen molar-refractivity contribution in [1.29, 1.82) is 0 Å². The predicted molar refractivity (Wildman–Crippen MR) is 74.5 cm³/mol. The van der Waals surface area contributed by atoms with Gasteiger partial charge in [0.2, 0.25) is 5.95 Å². The fourth-order valence-electron chi connectivity index (χ4n) is 1.89. The van der Waals surface area contributed by atoms with Crippen LogP contribution in [-0.4, -0.2) is 32.4 Å². The minimum Gasteiger partial charge on any atom is -0.289 e. The Kier molecular flexibility index (Phi) is 4.33. The summed E-state index contributed by atoms with van der Waals surface area (Å²) >= 11 is 1.42. The highest BCUT2D eigenvalue weighted by Crippen LogP contribution is 2.28. The Bertz CT molecular complexity index is 643. The minimum atomic E-state index is -0.549. The van der Waals surface area contributed by atoms with Gasteiger partial charge in [0.05, 0.1) is 0 Å². The Balaban J connectivity index is 2.33. The average Bonchev–Trinajstić information content (AvgIpc) is 2.83. The maximum absolute atomic E-state index is 12.9. The lowest BCUT2D eigenvalue weighted by Crippen LogP contribution is -2.17. The van der Waals surface area contributed by atoms with Crippen LogP contribution in [0.3, 0.4) is 0 Å². The predicted octanol–water partition coefficient (Wildman–Crippen LogP) is 1.96. The standard InChI is InChI=1S/C12H14FN5OS/c1-7-9(5-4-8(6-13)10(7)20-3)11(19)14-12-15-16-17-18(12)2/h4-5H,6H2,1-3H3,(H,14,15,17,19). The van der Waals surface area contributed by atoms with Crippen LogP contribution in [0.2, 0.25) is 0 Å². The second kappa shape index (κ2) is 6.00. The van der Waals surface area contributed by atoms with Crippen molar-refractivity contribution in [3.63, 3.8) is 0 Å².